The van der Waals surface area contributed by atoms with E-state index in [-0.39, 0.29) is 18.0 Å². The highest BCUT2D eigenvalue weighted by molar-refractivity contribution is 5.81. The topological polar surface area (TPSA) is 72.4 Å². The minimum atomic E-state index is -0.322. The number of likely N-dealkylation sites (tertiary alicyclic amines) is 1. The predicted molar refractivity (Wildman–Crippen MR) is 65.8 cm³/mol. The minimum Gasteiger partial charge on any atom is -0.341 e. The molecule has 16 heavy (non-hydrogen) atoms. The van der Waals surface area contributed by atoms with Crippen molar-refractivity contribution in [3.63, 3.8) is 0 Å². The molecule has 1 amide bonds. The number of nitrogens with zero attached hydrogens (tertiary/aromatic N) is 1. The van der Waals surface area contributed by atoms with E-state index in [1.54, 1.807) is 0 Å². The van der Waals surface area contributed by atoms with Crippen LogP contribution in [-0.2, 0) is 4.79 Å². The van der Waals surface area contributed by atoms with E-state index in [2.05, 4.69) is 0 Å². The Kier molecular flexibility index (Phi) is 5.22. The maximum Gasteiger partial charge on any atom is 0.239 e. The molecular formula is C12H25N3O. The summed E-state index contributed by atoms with van der Waals surface area (Å²) in [5.41, 5.74) is 11.8. The number of rotatable bonds is 4. The van der Waals surface area contributed by atoms with Gasteiger partial charge < -0.3 is 16.4 Å². The van der Waals surface area contributed by atoms with E-state index in [1.807, 2.05) is 18.7 Å². The lowest BCUT2D eigenvalue weighted by Gasteiger charge is -2.35. The molecule has 0 saturated carbocycles. The molecule has 1 rings (SSSR count). The maximum atomic E-state index is 12.0. The SMILES string of the molecule is CCCC(N)C(=O)N1CCCC(C(C)N)C1. The van der Waals surface area contributed by atoms with E-state index in [4.69, 9.17) is 11.5 Å². The molecule has 94 valence electrons. The van der Waals surface area contributed by atoms with Gasteiger partial charge in [-0.05, 0) is 32.1 Å². The Morgan fingerprint density at radius 2 is 2.19 bits per heavy atom. The molecule has 0 spiro atoms. The maximum absolute atomic E-state index is 12.0. The largest absolute Gasteiger partial charge is 0.341 e. The molecule has 4 heteroatoms. The van der Waals surface area contributed by atoms with Crippen LogP contribution in [-0.4, -0.2) is 36.0 Å². The number of carbonyl (C=O) groups excluding carboxylic acids is 1. The zero-order valence-electron chi connectivity index (χ0n) is 10.5. The molecule has 1 aliphatic rings. The Morgan fingerprint density at radius 1 is 1.50 bits per heavy atom. The van der Waals surface area contributed by atoms with Crippen LogP contribution in [0.1, 0.15) is 39.5 Å². The fourth-order valence-corrected chi connectivity index (χ4v) is 2.31. The summed E-state index contributed by atoms with van der Waals surface area (Å²) in [7, 11) is 0. The lowest BCUT2D eigenvalue weighted by molar-refractivity contribution is -0.134. The van der Waals surface area contributed by atoms with Crippen molar-refractivity contribution in [2.24, 2.45) is 17.4 Å². The zero-order valence-corrected chi connectivity index (χ0v) is 10.5. The third-order valence-electron chi connectivity index (χ3n) is 3.43. The highest BCUT2D eigenvalue weighted by Gasteiger charge is 2.28. The predicted octanol–water partition coefficient (Wildman–Crippen LogP) is 0.700. The van der Waals surface area contributed by atoms with Gasteiger partial charge in [-0.15, -0.1) is 0 Å². The first kappa shape index (κ1) is 13.5. The molecule has 4 N–H and O–H groups in total. The molecule has 0 radical (unpaired) electrons. The summed E-state index contributed by atoms with van der Waals surface area (Å²) < 4.78 is 0. The summed E-state index contributed by atoms with van der Waals surface area (Å²) in [4.78, 5) is 13.9. The summed E-state index contributed by atoms with van der Waals surface area (Å²) in [6.07, 6.45) is 3.91. The highest BCUT2D eigenvalue weighted by atomic mass is 16.2. The first-order chi connectivity index (χ1) is 7.56. The standard InChI is InChI=1S/C12H25N3O/c1-3-5-11(14)12(16)15-7-4-6-10(8-15)9(2)13/h9-11H,3-8,13-14H2,1-2H3. The van der Waals surface area contributed by atoms with Gasteiger partial charge >= 0.3 is 0 Å². The zero-order chi connectivity index (χ0) is 12.1. The molecule has 0 aliphatic carbocycles. The quantitative estimate of drug-likeness (QED) is 0.742. The summed E-state index contributed by atoms with van der Waals surface area (Å²) in [5.74, 6) is 0.540. The van der Waals surface area contributed by atoms with Crippen LogP contribution in [0.15, 0.2) is 0 Å². The monoisotopic (exact) mass is 227 g/mol. The summed E-state index contributed by atoms with van der Waals surface area (Å²) >= 11 is 0. The molecule has 0 aromatic rings. The molecule has 3 unspecified atom stereocenters. The Labute approximate surface area is 98.3 Å². The molecule has 1 aliphatic heterocycles. The number of hydrogen-bond donors (Lipinski definition) is 2. The van der Waals surface area contributed by atoms with Gasteiger partial charge in [-0.3, -0.25) is 4.79 Å². The van der Waals surface area contributed by atoms with Crippen molar-refractivity contribution in [1.29, 1.82) is 0 Å². The van der Waals surface area contributed by atoms with Crippen LogP contribution in [0.5, 0.6) is 0 Å². The van der Waals surface area contributed by atoms with Crippen LogP contribution in [0.25, 0.3) is 0 Å². The molecule has 1 saturated heterocycles. The first-order valence-corrected chi connectivity index (χ1v) is 6.36. The number of hydrogen-bond acceptors (Lipinski definition) is 3. The second kappa shape index (κ2) is 6.21. The average Bonchev–Trinajstić information content (AvgIpc) is 2.28. The number of nitrogens with two attached hydrogens (primary N) is 2. The second-order valence-corrected chi connectivity index (χ2v) is 4.94. The number of piperidine rings is 1. The lowest BCUT2D eigenvalue weighted by atomic mass is 9.91. The molecule has 1 fully saturated rings. The van der Waals surface area contributed by atoms with Gasteiger partial charge in [0.2, 0.25) is 5.91 Å². The van der Waals surface area contributed by atoms with Crippen molar-refractivity contribution in [1.82, 2.24) is 4.90 Å². The van der Waals surface area contributed by atoms with Crippen LogP contribution < -0.4 is 11.5 Å². The van der Waals surface area contributed by atoms with E-state index in [9.17, 15) is 4.79 Å². The van der Waals surface area contributed by atoms with E-state index in [0.29, 0.717) is 5.92 Å². The van der Waals surface area contributed by atoms with E-state index < -0.39 is 0 Å². The van der Waals surface area contributed by atoms with E-state index >= 15 is 0 Å². The fourth-order valence-electron chi connectivity index (χ4n) is 2.31. The Morgan fingerprint density at radius 3 is 2.75 bits per heavy atom. The van der Waals surface area contributed by atoms with Crippen molar-refractivity contribution < 1.29 is 4.79 Å². The lowest BCUT2D eigenvalue weighted by Crippen LogP contribution is -2.50. The molecule has 1 heterocycles. The van der Waals surface area contributed by atoms with Gasteiger partial charge in [-0.25, -0.2) is 0 Å². The Balaban J connectivity index is 2.49. The fraction of sp³-hybridized carbons (Fsp3) is 0.917. The van der Waals surface area contributed by atoms with Gasteiger partial charge in [0.05, 0.1) is 6.04 Å². The summed E-state index contributed by atoms with van der Waals surface area (Å²) in [5, 5.41) is 0. The smallest absolute Gasteiger partial charge is 0.239 e. The molecule has 0 aromatic carbocycles. The molecular weight excluding hydrogens is 202 g/mol. The highest BCUT2D eigenvalue weighted by Crippen LogP contribution is 2.19. The molecule has 4 nitrogen and oxygen atoms in total. The van der Waals surface area contributed by atoms with Crippen molar-refractivity contribution in [2.75, 3.05) is 13.1 Å². The van der Waals surface area contributed by atoms with E-state index in [1.165, 1.54) is 0 Å². The van der Waals surface area contributed by atoms with Gasteiger partial charge in [-0.2, -0.15) is 0 Å². The number of amides is 1. The third-order valence-corrected chi connectivity index (χ3v) is 3.43. The molecule has 0 aromatic heterocycles. The Bertz CT molecular complexity index is 230. The molecule has 3 atom stereocenters. The van der Waals surface area contributed by atoms with Crippen molar-refractivity contribution in [3.05, 3.63) is 0 Å². The van der Waals surface area contributed by atoms with Crippen LogP contribution in [0.2, 0.25) is 0 Å². The molecule has 0 bridgehead atoms. The van der Waals surface area contributed by atoms with Crippen LogP contribution in [0.4, 0.5) is 0 Å². The normalized spacial score (nSPS) is 25.2. The van der Waals surface area contributed by atoms with Gasteiger partial charge in [0, 0.05) is 19.1 Å². The van der Waals surface area contributed by atoms with E-state index in [0.717, 1.165) is 38.8 Å². The van der Waals surface area contributed by atoms with Gasteiger partial charge in [0.1, 0.15) is 0 Å². The van der Waals surface area contributed by atoms with Crippen LogP contribution >= 0.6 is 0 Å². The van der Waals surface area contributed by atoms with Gasteiger partial charge in [-0.1, -0.05) is 13.3 Å². The minimum absolute atomic E-state index is 0.104. The average molecular weight is 227 g/mol. The number of carbonyl (C=O) groups is 1. The first-order valence-electron chi connectivity index (χ1n) is 6.36. The van der Waals surface area contributed by atoms with Crippen molar-refractivity contribution in [2.45, 2.75) is 51.6 Å². The summed E-state index contributed by atoms with van der Waals surface area (Å²) in [6.45, 7) is 5.70. The van der Waals surface area contributed by atoms with Crippen molar-refractivity contribution >= 4 is 5.91 Å². The van der Waals surface area contributed by atoms with Crippen LogP contribution in [0.3, 0.4) is 0 Å². The van der Waals surface area contributed by atoms with Crippen LogP contribution in [0, 0.1) is 5.92 Å². The van der Waals surface area contributed by atoms with Gasteiger partial charge in [0.25, 0.3) is 0 Å². The van der Waals surface area contributed by atoms with Gasteiger partial charge in [0.15, 0.2) is 0 Å². The van der Waals surface area contributed by atoms with Crippen molar-refractivity contribution in [3.8, 4) is 0 Å². The Hall–Kier alpha value is -0.610. The summed E-state index contributed by atoms with van der Waals surface area (Å²) in [6, 6.07) is -0.158. The third kappa shape index (κ3) is 3.46. The second-order valence-electron chi connectivity index (χ2n) is 4.94.